The Labute approximate surface area is 114 Å². The van der Waals surface area contributed by atoms with Crippen LogP contribution in [-0.4, -0.2) is 21.8 Å². The predicted molar refractivity (Wildman–Crippen MR) is 69.4 cm³/mol. The molecule has 1 saturated carbocycles. The maximum Gasteiger partial charge on any atom is 0.306 e. The summed E-state index contributed by atoms with van der Waals surface area (Å²) in [5.74, 6) is -1.07. The number of carbonyl (C=O) groups excluding carboxylic acids is 1. The van der Waals surface area contributed by atoms with Crippen molar-refractivity contribution in [1.29, 1.82) is 0 Å². The molecule has 0 bridgehead atoms. The molecule has 96 valence electrons. The Kier molecular flexibility index (Phi) is 4.11. The van der Waals surface area contributed by atoms with Gasteiger partial charge in [-0.25, -0.2) is 0 Å². The molecule has 4 nitrogen and oxygen atoms in total. The summed E-state index contributed by atoms with van der Waals surface area (Å²) in [6.45, 7) is 0. The minimum absolute atomic E-state index is 0.0336. The number of ketones is 1. The second-order valence-electron chi connectivity index (χ2n) is 4.61. The number of carbonyl (C=O) groups is 2. The van der Waals surface area contributed by atoms with Crippen molar-refractivity contribution in [3.63, 3.8) is 0 Å². The van der Waals surface area contributed by atoms with E-state index in [1.165, 1.54) is 0 Å². The quantitative estimate of drug-likeness (QED) is 0.872. The van der Waals surface area contributed by atoms with Gasteiger partial charge < -0.3 is 5.11 Å². The molecule has 2 rings (SSSR count). The molecule has 1 N–H and O–H groups in total. The van der Waals surface area contributed by atoms with E-state index in [0.29, 0.717) is 31.4 Å². The van der Waals surface area contributed by atoms with Crippen LogP contribution in [0.1, 0.15) is 36.2 Å². The second kappa shape index (κ2) is 5.61. The molecule has 1 heterocycles. The van der Waals surface area contributed by atoms with Crippen molar-refractivity contribution in [2.75, 3.05) is 0 Å². The number of hydrogen-bond acceptors (Lipinski definition) is 3. The molecule has 0 spiro atoms. The molecule has 0 unspecified atom stereocenters. The van der Waals surface area contributed by atoms with Crippen LogP contribution in [0.2, 0.25) is 0 Å². The van der Waals surface area contributed by atoms with Crippen LogP contribution in [0.15, 0.2) is 22.8 Å². The standard InChI is InChI=1S/C13H14BrNO3/c14-10-5-6-11(15-7-10)12(16)8-1-3-9(4-2-8)13(17)18/h5-9H,1-4H2,(H,17,18)/t8-,9-. The molecule has 1 aliphatic carbocycles. The van der Waals surface area contributed by atoms with Crippen molar-refractivity contribution in [3.05, 3.63) is 28.5 Å². The highest BCUT2D eigenvalue weighted by molar-refractivity contribution is 9.10. The summed E-state index contributed by atoms with van der Waals surface area (Å²) in [5.41, 5.74) is 0.469. The molecule has 1 aromatic rings. The molecule has 0 amide bonds. The summed E-state index contributed by atoms with van der Waals surface area (Å²) >= 11 is 3.28. The Morgan fingerprint density at radius 2 is 1.78 bits per heavy atom. The zero-order chi connectivity index (χ0) is 13.1. The van der Waals surface area contributed by atoms with E-state index >= 15 is 0 Å². The van der Waals surface area contributed by atoms with Crippen LogP contribution in [0.5, 0.6) is 0 Å². The first-order chi connectivity index (χ1) is 8.58. The van der Waals surface area contributed by atoms with E-state index in [4.69, 9.17) is 5.11 Å². The Morgan fingerprint density at radius 3 is 2.28 bits per heavy atom. The second-order valence-corrected chi connectivity index (χ2v) is 5.53. The normalized spacial score (nSPS) is 23.6. The molecule has 0 radical (unpaired) electrons. The van der Waals surface area contributed by atoms with Crippen LogP contribution in [0, 0.1) is 11.8 Å². The number of carboxylic acid groups (broad SMARTS) is 1. The maximum absolute atomic E-state index is 12.2. The van der Waals surface area contributed by atoms with Crippen LogP contribution < -0.4 is 0 Å². The summed E-state index contributed by atoms with van der Waals surface area (Å²) < 4.78 is 0.841. The highest BCUT2D eigenvalue weighted by atomic mass is 79.9. The van der Waals surface area contributed by atoms with Gasteiger partial charge in [-0.15, -0.1) is 0 Å². The van der Waals surface area contributed by atoms with E-state index in [-0.39, 0.29) is 17.6 Å². The molecule has 0 aromatic carbocycles. The third-order valence-electron chi connectivity index (χ3n) is 3.43. The van der Waals surface area contributed by atoms with Crippen molar-refractivity contribution < 1.29 is 14.7 Å². The first-order valence-electron chi connectivity index (χ1n) is 5.96. The summed E-state index contributed by atoms with van der Waals surface area (Å²) in [5, 5.41) is 8.91. The Hall–Kier alpha value is -1.23. The lowest BCUT2D eigenvalue weighted by atomic mass is 9.79. The van der Waals surface area contributed by atoms with Crippen LogP contribution in [0.4, 0.5) is 0 Å². The lowest BCUT2D eigenvalue weighted by molar-refractivity contribution is -0.143. The maximum atomic E-state index is 12.2. The number of aromatic nitrogens is 1. The van der Waals surface area contributed by atoms with E-state index in [9.17, 15) is 9.59 Å². The lowest BCUT2D eigenvalue weighted by Gasteiger charge is -2.24. The fourth-order valence-corrected chi connectivity index (χ4v) is 2.57. The smallest absolute Gasteiger partial charge is 0.306 e. The number of carboxylic acids is 1. The molecule has 1 aromatic heterocycles. The molecular formula is C13H14BrNO3. The average Bonchev–Trinajstić information content (AvgIpc) is 2.39. The van der Waals surface area contributed by atoms with Gasteiger partial charge in [-0.1, -0.05) is 0 Å². The molecule has 1 aliphatic rings. The number of pyridine rings is 1. The van der Waals surface area contributed by atoms with E-state index < -0.39 is 5.97 Å². The zero-order valence-corrected chi connectivity index (χ0v) is 11.4. The molecule has 0 saturated heterocycles. The molecular weight excluding hydrogens is 298 g/mol. The van der Waals surface area contributed by atoms with Crippen molar-refractivity contribution in [1.82, 2.24) is 4.98 Å². The molecule has 0 atom stereocenters. The van der Waals surface area contributed by atoms with Gasteiger partial charge in [-0.2, -0.15) is 0 Å². The van der Waals surface area contributed by atoms with E-state index in [2.05, 4.69) is 20.9 Å². The molecule has 1 fully saturated rings. The van der Waals surface area contributed by atoms with Crippen LogP contribution in [-0.2, 0) is 4.79 Å². The van der Waals surface area contributed by atoms with E-state index in [1.54, 1.807) is 18.3 Å². The Bertz CT molecular complexity index is 450. The first-order valence-corrected chi connectivity index (χ1v) is 6.76. The monoisotopic (exact) mass is 311 g/mol. The minimum atomic E-state index is -0.748. The highest BCUT2D eigenvalue weighted by Gasteiger charge is 2.30. The first kappa shape index (κ1) is 13.2. The Balaban J connectivity index is 1.99. The number of aliphatic carboxylic acids is 1. The van der Waals surface area contributed by atoms with Gasteiger partial charge in [-0.05, 0) is 53.7 Å². The van der Waals surface area contributed by atoms with Crippen LogP contribution >= 0.6 is 15.9 Å². The zero-order valence-electron chi connectivity index (χ0n) is 9.80. The largest absolute Gasteiger partial charge is 0.481 e. The van der Waals surface area contributed by atoms with Gasteiger partial charge >= 0.3 is 5.97 Å². The van der Waals surface area contributed by atoms with E-state index in [0.717, 1.165) is 4.47 Å². The summed E-state index contributed by atoms with van der Waals surface area (Å²) in [4.78, 5) is 27.1. The molecule has 18 heavy (non-hydrogen) atoms. The Morgan fingerprint density at radius 1 is 1.17 bits per heavy atom. The summed E-state index contributed by atoms with van der Waals surface area (Å²) in [6.07, 6.45) is 4.07. The molecule has 0 aliphatic heterocycles. The van der Waals surface area contributed by atoms with Crippen molar-refractivity contribution in [3.8, 4) is 0 Å². The minimum Gasteiger partial charge on any atom is -0.481 e. The van der Waals surface area contributed by atoms with Gasteiger partial charge in [0.1, 0.15) is 5.69 Å². The third kappa shape index (κ3) is 2.96. The number of rotatable bonds is 3. The van der Waals surface area contributed by atoms with Crippen LogP contribution in [0.3, 0.4) is 0 Å². The van der Waals surface area contributed by atoms with Gasteiger partial charge in [0.05, 0.1) is 5.92 Å². The fourth-order valence-electron chi connectivity index (χ4n) is 2.33. The molecule has 5 heteroatoms. The third-order valence-corrected chi connectivity index (χ3v) is 3.90. The SMILES string of the molecule is O=C(O)[C@H]1CC[C@H](C(=O)c2ccc(Br)cn2)CC1. The van der Waals surface area contributed by atoms with E-state index in [1.807, 2.05) is 0 Å². The van der Waals surface area contributed by atoms with Gasteiger partial charge in [-0.3, -0.25) is 14.6 Å². The number of halogens is 1. The van der Waals surface area contributed by atoms with Gasteiger partial charge in [0.15, 0.2) is 5.78 Å². The van der Waals surface area contributed by atoms with Crippen molar-refractivity contribution in [2.45, 2.75) is 25.7 Å². The summed E-state index contributed by atoms with van der Waals surface area (Å²) in [7, 11) is 0. The number of Topliss-reactive ketones (excluding diaryl/α,β-unsaturated/α-hetero) is 1. The van der Waals surface area contributed by atoms with Gasteiger partial charge in [0, 0.05) is 16.6 Å². The van der Waals surface area contributed by atoms with Gasteiger partial charge in [0.2, 0.25) is 0 Å². The highest BCUT2D eigenvalue weighted by Crippen LogP contribution is 2.30. The van der Waals surface area contributed by atoms with Gasteiger partial charge in [0.25, 0.3) is 0 Å². The lowest BCUT2D eigenvalue weighted by Crippen LogP contribution is -2.26. The fraction of sp³-hybridized carbons (Fsp3) is 0.462. The summed E-state index contributed by atoms with van der Waals surface area (Å²) in [6, 6.07) is 3.50. The average molecular weight is 312 g/mol. The van der Waals surface area contributed by atoms with Crippen molar-refractivity contribution >= 4 is 27.7 Å². The number of hydrogen-bond donors (Lipinski definition) is 1. The van der Waals surface area contributed by atoms with Crippen LogP contribution in [0.25, 0.3) is 0 Å². The predicted octanol–water partition coefficient (Wildman–Crippen LogP) is 2.92. The number of nitrogens with zero attached hydrogens (tertiary/aromatic N) is 1. The van der Waals surface area contributed by atoms with Crippen molar-refractivity contribution in [2.24, 2.45) is 11.8 Å². The topological polar surface area (TPSA) is 67.3 Å².